The van der Waals surface area contributed by atoms with Crippen LogP contribution in [0.3, 0.4) is 0 Å². The fourth-order valence-electron chi connectivity index (χ4n) is 4.67. The number of aromatic nitrogens is 3. The van der Waals surface area contributed by atoms with E-state index in [-0.39, 0.29) is 30.5 Å². The van der Waals surface area contributed by atoms with Crippen LogP contribution in [-0.4, -0.2) is 75.4 Å². The van der Waals surface area contributed by atoms with Crippen LogP contribution in [0.1, 0.15) is 44.9 Å². The van der Waals surface area contributed by atoms with Crippen molar-refractivity contribution in [3.63, 3.8) is 0 Å². The lowest BCUT2D eigenvalue weighted by Crippen LogP contribution is -2.51. The van der Waals surface area contributed by atoms with E-state index < -0.39 is 6.10 Å². The average molecular weight is 460 g/mol. The van der Waals surface area contributed by atoms with Gasteiger partial charge in [-0.05, 0) is 69.5 Å². The summed E-state index contributed by atoms with van der Waals surface area (Å²) in [7, 11) is 0. The summed E-state index contributed by atoms with van der Waals surface area (Å²) in [5, 5.41) is 21.2. The number of hydrogen-bond donors (Lipinski definition) is 2. The van der Waals surface area contributed by atoms with Crippen molar-refractivity contribution in [2.45, 2.75) is 69.7 Å². The lowest BCUT2D eigenvalue weighted by molar-refractivity contribution is -0.129. The van der Waals surface area contributed by atoms with Crippen molar-refractivity contribution in [3.8, 4) is 11.3 Å². The molecule has 0 saturated carbocycles. The molecular formula is C24H34FN5O3. The minimum atomic E-state index is -0.395. The Kier molecular flexibility index (Phi) is 8.41. The lowest BCUT2D eigenvalue weighted by atomic mass is 9.97. The average Bonchev–Trinajstić information content (AvgIpc) is 3.32. The third-order valence-electron chi connectivity index (χ3n) is 6.60. The minimum Gasteiger partial charge on any atom is -0.394 e. The van der Waals surface area contributed by atoms with Crippen LogP contribution in [0.25, 0.3) is 11.3 Å². The number of nitrogens with zero attached hydrogens (tertiary/aromatic N) is 4. The summed E-state index contributed by atoms with van der Waals surface area (Å²) in [6.07, 6.45) is 7.96. The second kappa shape index (κ2) is 11.7. The first kappa shape index (κ1) is 23.8. The Labute approximate surface area is 194 Å². The maximum Gasteiger partial charge on any atom is 0.221 e. The molecule has 2 fully saturated rings. The zero-order valence-electron chi connectivity index (χ0n) is 19.0. The summed E-state index contributed by atoms with van der Waals surface area (Å²) >= 11 is 0. The van der Waals surface area contributed by atoms with Crippen LogP contribution >= 0.6 is 0 Å². The number of likely N-dealkylation sites (tertiary alicyclic amines) is 1. The smallest absolute Gasteiger partial charge is 0.221 e. The van der Waals surface area contributed by atoms with Crippen LogP contribution in [0.15, 0.2) is 30.5 Å². The molecule has 1 amide bonds. The van der Waals surface area contributed by atoms with Crippen molar-refractivity contribution >= 4 is 5.91 Å². The molecule has 33 heavy (non-hydrogen) atoms. The number of rotatable bonds is 9. The molecular weight excluding hydrogens is 425 g/mol. The lowest BCUT2D eigenvalue weighted by Gasteiger charge is -2.36. The van der Waals surface area contributed by atoms with Gasteiger partial charge in [-0.1, -0.05) is 11.6 Å². The number of aliphatic hydroxyl groups is 1. The molecule has 2 aliphatic rings. The number of piperidine rings is 1. The first-order chi connectivity index (χ1) is 16.1. The zero-order valence-corrected chi connectivity index (χ0v) is 19.0. The van der Waals surface area contributed by atoms with Crippen molar-refractivity contribution in [1.29, 1.82) is 0 Å². The first-order valence-electron chi connectivity index (χ1n) is 12.0. The zero-order chi connectivity index (χ0) is 23.0. The predicted octanol–water partition coefficient (Wildman–Crippen LogP) is 2.38. The van der Waals surface area contributed by atoms with Crippen molar-refractivity contribution in [3.05, 3.63) is 36.3 Å². The molecule has 0 bridgehead atoms. The SMILES string of the molecule is O=C(CCN1CCCCC1)N[C@@H]1CC[C@@H](CCn2cc(-c3ccc(F)cc3)nn2)O[C@H]1CO. The largest absolute Gasteiger partial charge is 0.394 e. The molecule has 0 aliphatic carbocycles. The Hall–Kier alpha value is -2.36. The molecule has 0 unspecified atom stereocenters. The monoisotopic (exact) mass is 459 g/mol. The number of ether oxygens (including phenoxy) is 1. The van der Waals surface area contributed by atoms with E-state index in [4.69, 9.17) is 4.74 Å². The van der Waals surface area contributed by atoms with Crippen molar-refractivity contribution in [2.24, 2.45) is 0 Å². The van der Waals surface area contributed by atoms with E-state index in [1.807, 2.05) is 6.20 Å². The summed E-state index contributed by atoms with van der Waals surface area (Å²) in [6, 6.07) is 6.02. The predicted molar refractivity (Wildman–Crippen MR) is 122 cm³/mol. The highest BCUT2D eigenvalue weighted by molar-refractivity contribution is 5.76. The van der Waals surface area contributed by atoms with Gasteiger partial charge in [-0.3, -0.25) is 9.48 Å². The van der Waals surface area contributed by atoms with Gasteiger partial charge in [0.2, 0.25) is 5.91 Å². The fourth-order valence-corrected chi connectivity index (χ4v) is 4.67. The molecule has 0 spiro atoms. The molecule has 1 aromatic heterocycles. The first-order valence-corrected chi connectivity index (χ1v) is 12.0. The number of amides is 1. The van der Waals surface area contributed by atoms with Gasteiger partial charge < -0.3 is 20.1 Å². The molecule has 1 aromatic carbocycles. The van der Waals surface area contributed by atoms with E-state index in [0.717, 1.165) is 44.5 Å². The van der Waals surface area contributed by atoms with E-state index >= 15 is 0 Å². The van der Waals surface area contributed by atoms with Gasteiger partial charge in [-0.2, -0.15) is 0 Å². The third-order valence-corrected chi connectivity index (χ3v) is 6.60. The van der Waals surface area contributed by atoms with Gasteiger partial charge in [0, 0.05) is 25.1 Å². The molecule has 8 nitrogen and oxygen atoms in total. The van der Waals surface area contributed by atoms with Gasteiger partial charge in [0.1, 0.15) is 17.6 Å². The number of aliphatic hydroxyl groups excluding tert-OH is 1. The number of halogens is 1. The van der Waals surface area contributed by atoms with E-state index in [0.29, 0.717) is 18.7 Å². The Morgan fingerprint density at radius 3 is 2.70 bits per heavy atom. The standard InChI is InChI=1S/C24H34FN5O3/c25-19-6-4-18(5-7-19)22-16-30(28-27-22)15-10-20-8-9-21(23(17-31)33-20)26-24(32)11-14-29-12-2-1-3-13-29/h4-7,16,20-21,23,31H,1-3,8-15,17H2,(H,26,32)/t20-,21+,23-/m0/s1. The quantitative estimate of drug-likeness (QED) is 0.598. The molecule has 2 saturated heterocycles. The molecule has 3 atom stereocenters. The Morgan fingerprint density at radius 2 is 1.94 bits per heavy atom. The second-order valence-corrected chi connectivity index (χ2v) is 9.05. The summed E-state index contributed by atoms with van der Waals surface area (Å²) in [6.45, 7) is 3.47. The second-order valence-electron chi connectivity index (χ2n) is 9.05. The highest BCUT2D eigenvalue weighted by atomic mass is 19.1. The molecule has 180 valence electrons. The number of carbonyl (C=O) groups is 1. The van der Waals surface area contributed by atoms with E-state index in [2.05, 4.69) is 20.5 Å². The van der Waals surface area contributed by atoms with Gasteiger partial charge in [-0.25, -0.2) is 4.39 Å². The number of nitrogens with one attached hydrogen (secondary N) is 1. The Morgan fingerprint density at radius 1 is 1.15 bits per heavy atom. The molecule has 4 rings (SSSR count). The number of carbonyl (C=O) groups excluding carboxylic acids is 1. The third kappa shape index (κ3) is 6.82. The van der Waals surface area contributed by atoms with Gasteiger partial charge >= 0.3 is 0 Å². The topological polar surface area (TPSA) is 92.5 Å². The van der Waals surface area contributed by atoms with Crippen LogP contribution in [-0.2, 0) is 16.1 Å². The van der Waals surface area contributed by atoms with Gasteiger partial charge in [0.05, 0.1) is 24.9 Å². The van der Waals surface area contributed by atoms with E-state index in [1.54, 1.807) is 16.8 Å². The summed E-state index contributed by atoms with van der Waals surface area (Å²) in [5.41, 5.74) is 1.51. The van der Waals surface area contributed by atoms with Crippen LogP contribution in [0, 0.1) is 5.82 Å². The van der Waals surface area contributed by atoms with Gasteiger partial charge in [-0.15, -0.1) is 5.10 Å². The van der Waals surface area contributed by atoms with Crippen molar-refractivity contribution < 1.29 is 19.0 Å². The molecule has 2 N–H and O–H groups in total. The van der Waals surface area contributed by atoms with Gasteiger partial charge in [0.25, 0.3) is 0 Å². The van der Waals surface area contributed by atoms with Crippen molar-refractivity contribution in [1.82, 2.24) is 25.2 Å². The molecule has 9 heteroatoms. The van der Waals surface area contributed by atoms with E-state index in [1.165, 1.54) is 31.4 Å². The highest BCUT2D eigenvalue weighted by Crippen LogP contribution is 2.23. The maximum atomic E-state index is 13.1. The van der Waals surface area contributed by atoms with Crippen LogP contribution in [0.2, 0.25) is 0 Å². The normalized spacial score (nSPS) is 24.0. The van der Waals surface area contributed by atoms with Crippen LogP contribution < -0.4 is 5.32 Å². The highest BCUT2D eigenvalue weighted by Gasteiger charge is 2.31. The molecule has 2 aliphatic heterocycles. The number of hydrogen-bond acceptors (Lipinski definition) is 6. The molecule has 2 aromatic rings. The van der Waals surface area contributed by atoms with Crippen LogP contribution in [0.4, 0.5) is 4.39 Å². The molecule has 0 radical (unpaired) electrons. The number of benzene rings is 1. The minimum absolute atomic E-state index is 0.0119. The Bertz CT molecular complexity index is 884. The molecule has 3 heterocycles. The van der Waals surface area contributed by atoms with E-state index in [9.17, 15) is 14.3 Å². The Balaban J connectivity index is 1.21. The fraction of sp³-hybridized carbons (Fsp3) is 0.625. The summed E-state index contributed by atoms with van der Waals surface area (Å²) < 4.78 is 21.0. The number of aryl methyl sites for hydroxylation is 1. The van der Waals surface area contributed by atoms with Crippen LogP contribution in [0.5, 0.6) is 0 Å². The maximum absolute atomic E-state index is 13.1. The van der Waals surface area contributed by atoms with Crippen molar-refractivity contribution in [2.75, 3.05) is 26.2 Å². The summed E-state index contributed by atoms with van der Waals surface area (Å²) in [4.78, 5) is 14.8. The summed E-state index contributed by atoms with van der Waals surface area (Å²) in [5.74, 6) is -0.252. The van der Waals surface area contributed by atoms with Gasteiger partial charge in [0.15, 0.2) is 0 Å².